The summed E-state index contributed by atoms with van der Waals surface area (Å²) in [4.78, 5) is 23.5. The van der Waals surface area contributed by atoms with E-state index in [0.29, 0.717) is 12.8 Å². The lowest BCUT2D eigenvalue weighted by molar-refractivity contribution is -0.192. The van der Waals surface area contributed by atoms with Gasteiger partial charge in [0.05, 0.1) is 6.10 Å². The molecule has 4 unspecified atom stereocenters. The normalized spacial score (nSPS) is 27.0. The molecule has 4 atom stereocenters. The van der Waals surface area contributed by atoms with Crippen molar-refractivity contribution >= 4 is 17.8 Å². The van der Waals surface area contributed by atoms with Crippen LogP contribution in [0.2, 0.25) is 0 Å². The number of benzene rings is 1. The molecular formula is C25H34O5. The minimum Gasteiger partial charge on any atom is -0.481 e. The zero-order valence-electron chi connectivity index (χ0n) is 17.7. The zero-order chi connectivity index (χ0) is 21.2. The molecular weight excluding hydrogens is 380 g/mol. The Bertz CT molecular complexity index is 693. The molecule has 0 spiro atoms. The maximum absolute atomic E-state index is 12.8. The van der Waals surface area contributed by atoms with E-state index in [9.17, 15) is 9.59 Å². The Labute approximate surface area is 179 Å². The first-order valence-corrected chi connectivity index (χ1v) is 11.4. The average molecular weight is 415 g/mol. The topological polar surface area (TPSA) is 72.8 Å². The van der Waals surface area contributed by atoms with Gasteiger partial charge < -0.3 is 14.6 Å². The van der Waals surface area contributed by atoms with Gasteiger partial charge >= 0.3 is 5.97 Å². The van der Waals surface area contributed by atoms with Crippen LogP contribution in [0.5, 0.6) is 0 Å². The van der Waals surface area contributed by atoms with Crippen LogP contribution in [0.4, 0.5) is 0 Å². The molecule has 1 aromatic carbocycles. The van der Waals surface area contributed by atoms with Gasteiger partial charge in [-0.3, -0.25) is 9.59 Å². The lowest BCUT2D eigenvalue weighted by Gasteiger charge is -2.28. The van der Waals surface area contributed by atoms with E-state index in [1.54, 1.807) is 0 Å². The third-order valence-electron chi connectivity index (χ3n) is 6.14. The standard InChI is InChI=1S/C25H34O5/c26-22-18-23(30-25-14-8-9-17-29-25)21(16-15-19-10-4-3-5-11-19)20(22)12-6-1-2-7-13-24(27)28/h3-5,10-11,15-16,20-21,23,25H,1-2,6-9,12-14,17-18H2,(H,27,28)/b16-15+. The van der Waals surface area contributed by atoms with Gasteiger partial charge in [-0.15, -0.1) is 0 Å². The molecule has 1 saturated heterocycles. The third kappa shape index (κ3) is 7.06. The number of carboxylic acids is 1. The van der Waals surface area contributed by atoms with Crippen molar-refractivity contribution in [3.8, 4) is 0 Å². The van der Waals surface area contributed by atoms with Gasteiger partial charge in [0.1, 0.15) is 5.78 Å². The largest absolute Gasteiger partial charge is 0.481 e. The molecule has 0 aromatic heterocycles. The first kappa shape index (κ1) is 22.7. The summed E-state index contributed by atoms with van der Waals surface area (Å²) in [6.07, 6.45) is 12.0. The zero-order valence-corrected chi connectivity index (χ0v) is 17.7. The monoisotopic (exact) mass is 414 g/mol. The molecule has 0 amide bonds. The molecule has 1 N–H and O–H groups in total. The summed E-state index contributed by atoms with van der Waals surface area (Å²) in [7, 11) is 0. The number of carboxylic acid groups (broad SMARTS) is 1. The van der Waals surface area contributed by atoms with Gasteiger partial charge in [-0.25, -0.2) is 0 Å². The van der Waals surface area contributed by atoms with E-state index in [2.05, 4.69) is 24.3 Å². The van der Waals surface area contributed by atoms with Crippen LogP contribution in [-0.4, -0.2) is 35.9 Å². The Morgan fingerprint density at radius 1 is 1.13 bits per heavy atom. The Balaban J connectivity index is 1.60. The lowest BCUT2D eigenvalue weighted by Crippen LogP contribution is -2.30. The van der Waals surface area contributed by atoms with Gasteiger partial charge in [0.25, 0.3) is 0 Å². The number of hydrogen-bond acceptors (Lipinski definition) is 4. The Kier molecular flexibility index (Phi) is 9.09. The van der Waals surface area contributed by atoms with Crippen molar-refractivity contribution in [2.45, 2.75) is 76.6 Å². The lowest BCUT2D eigenvalue weighted by atomic mass is 9.88. The Hall–Kier alpha value is -1.98. The summed E-state index contributed by atoms with van der Waals surface area (Å²) in [5.41, 5.74) is 1.12. The molecule has 1 aliphatic heterocycles. The summed E-state index contributed by atoms with van der Waals surface area (Å²) in [5.74, 6) is -0.429. The average Bonchev–Trinajstić information content (AvgIpc) is 3.04. The molecule has 30 heavy (non-hydrogen) atoms. The number of unbranched alkanes of at least 4 members (excludes halogenated alkanes) is 3. The second-order valence-corrected chi connectivity index (χ2v) is 8.44. The van der Waals surface area contributed by atoms with Crippen LogP contribution in [0.25, 0.3) is 6.08 Å². The molecule has 0 radical (unpaired) electrons. The minimum absolute atomic E-state index is 0.0296. The predicted octanol–water partition coefficient (Wildman–Crippen LogP) is 5.24. The van der Waals surface area contributed by atoms with Crippen molar-refractivity contribution in [1.82, 2.24) is 0 Å². The maximum Gasteiger partial charge on any atom is 0.303 e. The summed E-state index contributed by atoms with van der Waals surface area (Å²) < 4.78 is 12.0. The van der Waals surface area contributed by atoms with Crippen LogP contribution in [0.15, 0.2) is 36.4 Å². The summed E-state index contributed by atoms with van der Waals surface area (Å²) in [5, 5.41) is 8.75. The van der Waals surface area contributed by atoms with E-state index < -0.39 is 5.97 Å². The van der Waals surface area contributed by atoms with Crippen LogP contribution in [-0.2, 0) is 19.1 Å². The van der Waals surface area contributed by atoms with Crippen molar-refractivity contribution in [1.29, 1.82) is 0 Å². The van der Waals surface area contributed by atoms with Crippen LogP contribution < -0.4 is 0 Å². The van der Waals surface area contributed by atoms with Crippen LogP contribution >= 0.6 is 0 Å². The number of hydrogen-bond donors (Lipinski definition) is 1. The van der Waals surface area contributed by atoms with Crippen LogP contribution in [0.1, 0.15) is 69.8 Å². The molecule has 2 aliphatic rings. The van der Waals surface area contributed by atoms with Crippen molar-refractivity contribution in [2.24, 2.45) is 11.8 Å². The highest BCUT2D eigenvalue weighted by molar-refractivity contribution is 5.85. The molecule has 5 heteroatoms. The highest BCUT2D eigenvalue weighted by Gasteiger charge is 2.42. The van der Waals surface area contributed by atoms with Gasteiger partial charge in [0, 0.05) is 31.3 Å². The number of ether oxygens (including phenoxy) is 2. The fraction of sp³-hybridized carbons (Fsp3) is 0.600. The highest BCUT2D eigenvalue weighted by Crippen LogP contribution is 2.38. The fourth-order valence-electron chi connectivity index (χ4n) is 4.50. The smallest absolute Gasteiger partial charge is 0.303 e. The van der Waals surface area contributed by atoms with E-state index in [0.717, 1.165) is 57.1 Å². The van der Waals surface area contributed by atoms with Gasteiger partial charge in [-0.2, -0.15) is 0 Å². The van der Waals surface area contributed by atoms with Gasteiger partial charge in [-0.1, -0.05) is 61.7 Å². The third-order valence-corrected chi connectivity index (χ3v) is 6.14. The van der Waals surface area contributed by atoms with Crippen molar-refractivity contribution in [3.63, 3.8) is 0 Å². The van der Waals surface area contributed by atoms with E-state index in [4.69, 9.17) is 14.6 Å². The van der Waals surface area contributed by atoms with Crippen LogP contribution in [0.3, 0.4) is 0 Å². The first-order chi connectivity index (χ1) is 14.6. The van der Waals surface area contributed by atoms with Gasteiger partial charge in [0.2, 0.25) is 0 Å². The molecule has 1 saturated carbocycles. The number of rotatable bonds is 11. The molecule has 1 heterocycles. The molecule has 1 aromatic rings. The van der Waals surface area contributed by atoms with Crippen molar-refractivity contribution in [2.75, 3.05) is 6.61 Å². The maximum atomic E-state index is 12.8. The summed E-state index contributed by atoms with van der Waals surface area (Å²) in [6, 6.07) is 10.1. The Morgan fingerprint density at radius 3 is 2.67 bits per heavy atom. The number of Topliss-reactive ketones (excluding diaryl/α,β-unsaturated/α-hetero) is 1. The minimum atomic E-state index is -0.739. The van der Waals surface area contributed by atoms with Gasteiger partial charge in [-0.05, 0) is 37.7 Å². The second kappa shape index (κ2) is 12.0. The number of aliphatic carboxylic acids is 1. The quantitative estimate of drug-likeness (QED) is 0.501. The van der Waals surface area contributed by atoms with Crippen molar-refractivity contribution < 1.29 is 24.2 Å². The molecule has 2 fully saturated rings. The molecule has 164 valence electrons. The van der Waals surface area contributed by atoms with Crippen molar-refractivity contribution in [3.05, 3.63) is 42.0 Å². The first-order valence-electron chi connectivity index (χ1n) is 11.4. The number of ketones is 1. The number of carbonyl (C=O) groups is 2. The van der Waals surface area contributed by atoms with E-state index in [1.165, 1.54) is 0 Å². The molecule has 1 aliphatic carbocycles. The summed E-state index contributed by atoms with van der Waals surface area (Å²) in [6.45, 7) is 0.732. The van der Waals surface area contributed by atoms with E-state index in [-0.39, 0.29) is 36.4 Å². The summed E-state index contributed by atoms with van der Waals surface area (Å²) >= 11 is 0. The van der Waals surface area contributed by atoms with E-state index >= 15 is 0 Å². The second-order valence-electron chi connectivity index (χ2n) is 8.44. The molecule has 3 rings (SSSR count). The van der Waals surface area contributed by atoms with Gasteiger partial charge in [0.15, 0.2) is 6.29 Å². The predicted molar refractivity (Wildman–Crippen MR) is 116 cm³/mol. The van der Waals surface area contributed by atoms with Crippen LogP contribution in [0, 0.1) is 11.8 Å². The Morgan fingerprint density at radius 2 is 1.93 bits per heavy atom. The molecule has 5 nitrogen and oxygen atoms in total. The van der Waals surface area contributed by atoms with E-state index in [1.807, 2.05) is 18.2 Å². The fourth-order valence-corrected chi connectivity index (χ4v) is 4.50. The molecule has 0 bridgehead atoms. The number of carbonyl (C=O) groups excluding carboxylic acids is 1. The highest BCUT2D eigenvalue weighted by atomic mass is 16.7. The SMILES string of the molecule is O=C(O)CCCCCCC1C(=O)CC(OC2CCCCO2)C1/C=C/c1ccccc1.